The van der Waals surface area contributed by atoms with E-state index in [1.165, 1.54) is 0 Å². The Bertz CT molecular complexity index is 502. The van der Waals surface area contributed by atoms with Crippen LogP contribution in [0.1, 0.15) is 17.2 Å². The molecule has 0 spiro atoms. The van der Waals surface area contributed by atoms with Gasteiger partial charge in [0, 0.05) is 9.77 Å². The lowest BCUT2D eigenvalue weighted by molar-refractivity contribution is 0.862. The molecule has 0 amide bonds. The summed E-state index contributed by atoms with van der Waals surface area (Å²) in [5, 5.41) is 0.471. The first-order valence-corrected chi connectivity index (χ1v) is 6.25. The normalized spacial score (nSPS) is 12.4. The van der Waals surface area contributed by atoms with Crippen molar-refractivity contribution in [2.24, 2.45) is 5.73 Å². The van der Waals surface area contributed by atoms with Gasteiger partial charge in [-0.1, -0.05) is 29.8 Å². The molecule has 1 aromatic heterocycles. The van der Waals surface area contributed by atoms with Gasteiger partial charge in [0.05, 0.1) is 6.04 Å². The topological polar surface area (TPSA) is 38.9 Å². The fraction of sp³-hybridized carbons (Fsp3) is 0.0833. The first-order chi connectivity index (χ1) is 7.68. The second kappa shape index (κ2) is 5.12. The molecule has 82 valence electrons. The van der Waals surface area contributed by atoms with Crippen molar-refractivity contribution in [1.29, 1.82) is 0 Å². The third kappa shape index (κ3) is 2.53. The van der Waals surface area contributed by atoms with Crippen molar-refractivity contribution in [3.05, 3.63) is 62.4 Å². The van der Waals surface area contributed by atoms with Crippen LogP contribution >= 0.6 is 34.2 Å². The van der Waals surface area contributed by atoms with Crippen LogP contribution in [0.5, 0.6) is 0 Å². The highest BCUT2D eigenvalue weighted by Gasteiger charge is 2.11. The molecule has 0 saturated carbocycles. The molecule has 2 aromatic rings. The van der Waals surface area contributed by atoms with Gasteiger partial charge in [-0.2, -0.15) is 0 Å². The van der Waals surface area contributed by atoms with Gasteiger partial charge >= 0.3 is 0 Å². The minimum absolute atomic E-state index is 0.159. The molecule has 16 heavy (non-hydrogen) atoms. The van der Waals surface area contributed by atoms with Crippen LogP contribution in [-0.2, 0) is 0 Å². The minimum atomic E-state index is -0.159. The van der Waals surface area contributed by atoms with Gasteiger partial charge in [0.25, 0.3) is 0 Å². The van der Waals surface area contributed by atoms with E-state index in [1.54, 1.807) is 12.3 Å². The van der Waals surface area contributed by atoms with Gasteiger partial charge in [0.1, 0.15) is 5.15 Å². The van der Waals surface area contributed by atoms with Crippen molar-refractivity contribution in [3.63, 3.8) is 0 Å². The lowest BCUT2D eigenvalue weighted by Gasteiger charge is -2.14. The SMILES string of the molecule is NC(c1ccnc(Cl)c1)c1ccccc1I. The molecule has 0 fully saturated rings. The molecule has 0 saturated heterocycles. The predicted molar refractivity (Wildman–Crippen MR) is 74.4 cm³/mol. The zero-order chi connectivity index (χ0) is 11.5. The maximum absolute atomic E-state index is 6.19. The Morgan fingerprint density at radius 1 is 1.25 bits per heavy atom. The number of rotatable bonds is 2. The highest BCUT2D eigenvalue weighted by Crippen LogP contribution is 2.24. The van der Waals surface area contributed by atoms with Crippen molar-refractivity contribution in [3.8, 4) is 0 Å². The standard InChI is InChI=1S/C12H10ClIN2/c13-11-7-8(5-6-16-11)12(15)9-3-1-2-4-10(9)14/h1-7,12H,15H2. The number of hydrogen-bond acceptors (Lipinski definition) is 2. The highest BCUT2D eigenvalue weighted by atomic mass is 127. The molecule has 1 unspecified atom stereocenters. The van der Waals surface area contributed by atoms with Crippen molar-refractivity contribution >= 4 is 34.2 Å². The molecule has 0 aliphatic heterocycles. The Kier molecular flexibility index (Phi) is 3.78. The fourth-order valence-electron chi connectivity index (χ4n) is 1.52. The average molecular weight is 345 g/mol. The summed E-state index contributed by atoms with van der Waals surface area (Å²) in [4.78, 5) is 3.95. The molecular weight excluding hydrogens is 335 g/mol. The molecule has 1 aromatic carbocycles. The molecular formula is C12H10ClIN2. The molecule has 2 rings (SSSR count). The first kappa shape index (κ1) is 11.8. The van der Waals surface area contributed by atoms with Gasteiger partial charge in [-0.3, -0.25) is 0 Å². The molecule has 2 nitrogen and oxygen atoms in total. The fourth-order valence-corrected chi connectivity index (χ4v) is 2.42. The molecule has 4 heteroatoms. The minimum Gasteiger partial charge on any atom is -0.320 e. The number of aromatic nitrogens is 1. The van der Waals surface area contributed by atoms with Crippen LogP contribution in [-0.4, -0.2) is 4.98 Å². The third-order valence-electron chi connectivity index (χ3n) is 2.35. The molecule has 0 aliphatic rings. The summed E-state index contributed by atoms with van der Waals surface area (Å²) in [6.45, 7) is 0. The number of halogens is 2. The monoisotopic (exact) mass is 344 g/mol. The van der Waals surface area contributed by atoms with Crippen molar-refractivity contribution in [1.82, 2.24) is 4.98 Å². The quantitative estimate of drug-likeness (QED) is 0.670. The van der Waals surface area contributed by atoms with Crippen molar-refractivity contribution in [2.45, 2.75) is 6.04 Å². The van der Waals surface area contributed by atoms with E-state index in [0.29, 0.717) is 5.15 Å². The lowest BCUT2D eigenvalue weighted by Crippen LogP contribution is -2.13. The van der Waals surface area contributed by atoms with Crippen LogP contribution in [0.4, 0.5) is 0 Å². The number of pyridine rings is 1. The molecule has 0 radical (unpaired) electrons. The van der Waals surface area contributed by atoms with Gasteiger partial charge < -0.3 is 5.73 Å². The summed E-state index contributed by atoms with van der Waals surface area (Å²) in [6.07, 6.45) is 1.67. The van der Waals surface area contributed by atoms with Gasteiger partial charge in [0.15, 0.2) is 0 Å². The van der Waals surface area contributed by atoms with E-state index in [4.69, 9.17) is 17.3 Å². The van der Waals surface area contributed by atoms with E-state index in [-0.39, 0.29) is 6.04 Å². The lowest BCUT2D eigenvalue weighted by atomic mass is 10.0. The van der Waals surface area contributed by atoms with Gasteiger partial charge in [-0.15, -0.1) is 0 Å². The zero-order valence-electron chi connectivity index (χ0n) is 8.40. The Hall–Kier alpha value is -0.650. The average Bonchev–Trinajstić information content (AvgIpc) is 2.29. The third-order valence-corrected chi connectivity index (χ3v) is 3.54. The maximum Gasteiger partial charge on any atom is 0.129 e. The molecule has 1 heterocycles. The Labute approximate surface area is 113 Å². The summed E-state index contributed by atoms with van der Waals surface area (Å²) in [5.74, 6) is 0. The summed E-state index contributed by atoms with van der Waals surface area (Å²) < 4.78 is 1.15. The van der Waals surface area contributed by atoms with Crippen LogP contribution < -0.4 is 5.73 Å². The van der Waals surface area contributed by atoms with Gasteiger partial charge in [-0.05, 0) is 51.9 Å². The van der Waals surface area contributed by atoms with Crippen LogP contribution in [0, 0.1) is 3.57 Å². The Morgan fingerprint density at radius 2 is 2.00 bits per heavy atom. The zero-order valence-corrected chi connectivity index (χ0v) is 11.3. The maximum atomic E-state index is 6.19. The Balaban J connectivity index is 2.39. The summed E-state index contributed by atoms with van der Waals surface area (Å²) in [5.41, 5.74) is 8.27. The van der Waals surface area contributed by atoms with Crippen LogP contribution in [0.15, 0.2) is 42.6 Å². The van der Waals surface area contributed by atoms with Crippen molar-refractivity contribution in [2.75, 3.05) is 0 Å². The van der Waals surface area contributed by atoms with Crippen LogP contribution in [0.3, 0.4) is 0 Å². The van der Waals surface area contributed by atoms with Crippen molar-refractivity contribution < 1.29 is 0 Å². The second-order valence-corrected chi connectivity index (χ2v) is 4.96. The molecule has 1 atom stereocenters. The Morgan fingerprint density at radius 3 is 2.69 bits per heavy atom. The summed E-state index contributed by atoms with van der Waals surface area (Å²) in [6, 6.07) is 11.6. The van der Waals surface area contributed by atoms with E-state index in [1.807, 2.05) is 30.3 Å². The van der Waals surface area contributed by atoms with E-state index in [9.17, 15) is 0 Å². The van der Waals surface area contributed by atoms with Gasteiger partial charge in [0.2, 0.25) is 0 Å². The van der Waals surface area contributed by atoms with Crippen LogP contribution in [0.2, 0.25) is 5.15 Å². The number of benzene rings is 1. The van der Waals surface area contributed by atoms with E-state index < -0.39 is 0 Å². The second-order valence-electron chi connectivity index (χ2n) is 3.41. The first-order valence-electron chi connectivity index (χ1n) is 4.80. The number of hydrogen-bond donors (Lipinski definition) is 1. The molecule has 2 N–H and O–H groups in total. The smallest absolute Gasteiger partial charge is 0.129 e. The predicted octanol–water partition coefficient (Wildman–Crippen LogP) is 3.39. The van der Waals surface area contributed by atoms with Gasteiger partial charge in [-0.25, -0.2) is 4.98 Å². The summed E-state index contributed by atoms with van der Waals surface area (Å²) >= 11 is 8.13. The van der Waals surface area contributed by atoms with E-state index >= 15 is 0 Å². The molecule has 0 aliphatic carbocycles. The van der Waals surface area contributed by atoms with E-state index in [0.717, 1.165) is 14.7 Å². The number of nitrogens with zero attached hydrogens (tertiary/aromatic N) is 1. The molecule has 0 bridgehead atoms. The van der Waals surface area contributed by atoms with E-state index in [2.05, 4.69) is 27.6 Å². The summed E-state index contributed by atoms with van der Waals surface area (Å²) in [7, 11) is 0. The largest absolute Gasteiger partial charge is 0.320 e. The number of nitrogens with two attached hydrogens (primary N) is 1. The van der Waals surface area contributed by atoms with Crippen LogP contribution in [0.25, 0.3) is 0 Å². The highest BCUT2D eigenvalue weighted by molar-refractivity contribution is 14.1.